The second-order valence-electron chi connectivity index (χ2n) is 0. The van der Waals surface area contributed by atoms with Crippen molar-refractivity contribution in [3.8, 4) is 0 Å². The molecule has 44 valence electrons. The summed E-state index contributed by atoms with van der Waals surface area (Å²) in [5.41, 5.74) is 0. The Morgan fingerprint density at radius 2 is 0.333 bits per heavy atom. The molecule has 0 aliphatic carbocycles. The van der Waals surface area contributed by atoms with Crippen LogP contribution in [0.1, 0.15) is 0 Å². The van der Waals surface area contributed by atoms with E-state index in [1.165, 1.54) is 0 Å². The molecule has 0 heterocycles. The molecule has 0 saturated heterocycles. The van der Waals surface area contributed by atoms with E-state index in [1.54, 1.807) is 0 Å². The molecule has 0 fully saturated rings. The molecular formula is H2K2Nb2O5. The average molecular weight is 346 g/mol. The van der Waals surface area contributed by atoms with E-state index in [2.05, 4.69) is 0 Å². The molecule has 0 aromatic heterocycles. The Hall–Kier alpha value is 4.55. The van der Waals surface area contributed by atoms with Gasteiger partial charge < -0.3 is 27.4 Å². The van der Waals surface area contributed by atoms with E-state index in [9.17, 15) is 0 Å². The Morgan fingerprint density at radius 1 is 0.333 bits per heavy atom. The Balaban J connectivity index is 0. The van der Waals surface area contributed by atoms with Crippen LogP contribution in [0.3, 0.4) is 0 Å². The zero-order chi connectivity index (χ0) is 0. The Morgan fingerprint density at radius 3 is 0.333 bits per heavy atom. The first kappa shape index (κ1) is 103. The summed E-state index contributed by atoms with van der Waals surface area (Å²) in [4.78, 5) is 0. The van der Waals surface area contributed by atoms with Crippen LogP contribution in [0.5, 0.6) is 0 Å². The molecule has 0 atom stereocenters. The Bertz CT molecular complexity index is 12.9. The van der Waals surface area contributed by atoms with Gasteiger partial charge >= 0.3 is 148 Å². The number of hydrogen-bond donors (Lipinski definition) is 0. The minimum atomic E-state index is 0. The van der Waals surface area contributed by atoms with Gasteiger partial charge in [0.25, 0.3) is 0 Å². The molecule has 0 rings (SSSR count). The number of hydrogen-bond acceptors (Lipinski definition) is 0. The molecule has 0 unspecified atom stereocenters. The summed E-state index contributed by atoms with van der Waals surface area (Å²) >= 11 is 0. The van der Waals surface area contributed by atoms with Crippen molar-refractivity contribution in [2.75, 3.05) is 0 Å². The maximum atomic E-state index is 0. The smallest absolute Gasteiger partial charge is 2.00 e. The summed E-state index contributed by atoms with van der Waals surface area (Å²) in [6.45, 7) is 0. The molecule has 0 aromatic rings. The molecule has 0 N–H and O–H groups in total. The molecule has 0 spiro atoms. The second kappa shape index (κ2) is 80.8. The first-order chi connectivity index (χ1) is 0. The normalized spacial score (nSPS) is 0. The van der Waals surface area contributed by atoms with Gasteiger partial charge in [0.1, 0.15) is 0 Å². The van der Waals surface area contributed by atoms with Crippen molar-refractivity contribution < 1.29 is 72.1 Å². The van der Waals surface area contributed by atoms with Crippen LogP contribution in [-0.2, 0) is 72.1 Å². The zero-order valence-corrected chi connectivity index (χ0v) is 7.33. The van der Waals surface area contributed by atoms with Gasteiger partial charge in [0, 0.05) is 0 Å². The molecule has 0 amide bonds. The van der Waals surface area contributed by atoms with E-state index in [0.29, 0.717) is 0 Å². The molecule has 9 heavy (non-hydrogen) atoms. The zero-order valence-electron chi connectivity index (χ0n) is 2.94. The van der Waals surface area contributed by atoms with Gasteiger partial charge in [-0.05, 0) is 0 Å². The summed E-state index contributed by atoms with van der Waals surface area (Å²) in [5, 5.41) is 0. The molecule has 5 nitrogen and oxygen atoms in total. The van der Waals surface area contributed by atoms with Gasteiger partial charge in [-0.1, -0.05) is 0 Å². The van der Waals surface area contributed by atoms with Crippen molar-refractivity contribution in [3.63, 3.8) is 0 Å². The predicted molar refractivity (Wildman–Crippen MR) is 17.7 cm³/mol. The molecule has 0 aliphatic rings. The van der Waals surface area contributed by atoms with Crippen LogP contribution in [0.25, 0.3) is 0 Å². The van der Waals surface area contributed by atoms with E-state index in [1.807, 2.05) is 0 Å². The van der Waals surface area contributed by atoms with Gasteiger partial charge in [-0.3, -0.25) is 0 Å². The largest absolute Gasteiger partial charge is 5.00 e. The topological polar surface area (TPSA) is 142 Å². The fourth-order valence-electron chi connectivity index (χ4n) is 0. The van der Waals surface area contributed by atoms with E-state index in [-0.39, 0.29) is 175 Å². The molecule has 9 heteroatoms. The monoisotopic (exact) mass is 346 g/mol. The maximum Gasteiger partial charge on any atom is 5.00 e. The fourth-order valence-corrected chi connectivity index (χ4v) is 0. The SMILES string of the molecule is [KH].[KH].[Nb+5].[Nb+5].[O-2].[O-2].[O-2].[O-2].[O-2]. The standard InChI is InChI=1S/2K.2Nb.5O.2H/q;;2*+5;5*-2;;. The van der Waals surface area contributed by atoms with E-state index in [0.717, 1.165) is 0 Å². The van der Waals surface area contributed by atoms with Crippen LogP contribution in [0.4, 0.5) is 0 Å². The van der Waals surface area contributed by atoms with Gasteiger partial charge in [-0.25, -0.2) is 0 Å². The van der Waals surface area contributed by atoms with Crippen molar-refractivity contribution in [1.29, 1.82) is 0 Å². The summed E-state index contributed by atoms with van der Waals surface area (Å²) in [5.74, 6) is 0. The summed E-state index contributed by atoms with van der Waals surface area (Å²) < 4.78 is 0. The van der Waals surface area contributed by atoms with Gasteiger partial charge in [-0.15, -0.1) is 0 Å². The van der Waals surface area contributed by atoms with Crippen LogP contribution in [0.15, 0.2) is 0 Å². The first-order valence-corrected chi connectivity index (χ1v) is 0. The molecule has 0 bridgehead atoms. The van der Waals surface area contributed by atoms with E-state index < -0.39 is 0 Å². The molecular weight excluding hydrogens is 344 g/mol. The van der Waals surface area contributed by atoms with Crippen molar-refractivity contribution in [2.24, 2.45) is 0 Å². The van der Waals surface area contributed by atoms with E-state index >= 15 is 0 Å². The summed E-state index contributed by atoms with van der Waals surface area (Å²) in [6.07, 6.45) is 0. The van der Waals surface area contributed by atoms with Crippen molar-refractivity contribution >= 4 is 103 Å². The van der Waals surface area contributed by atoms with Crippen LogP contribution in [-0.4, -0.2) is 103 Å². The fraction of sp³-hybridized carbons (Fsp3) is 0. The van der Waals surface area contributed by atoms with Crippen LogP contribution in [0, 0.1) is 0 Å². The quantitative estimate of drug-likeness (QED) is 0.452. The van der Waals surface area contributed by atoms with Crippen molar-refractivity contribution in [1.82, 2.24) is 0 Å². The Kier molecular flexibility index (Phi) is 925. The molecule has 0 radical (unpaired) electrons. The molecule has 0 aromatic carbocycles. The number of rotatable bonds is 0. The van der Waals surface area contributed by atoms with Gasteiger partial charge in [0.05, 0.1) is 0 Å². The maximum absolute atomic E-state index is 0. The third kappa shape index (κ3) is 67.4. The van der Waals surface area contributed by atoms with Gasteiger partial charge in [0.15, 0.2) is 0 Å². The third-order valence-electron chi connectivity index (χ3n) is 0. The van der Waals surface area contributed by atoms with Crippen LogP contribution >= 0.6 is 0 Å². The predicted octanol–water partition coefficient (Wildman–Crippen LogP) is -1.90. The third-order valence-corrected chi connectivity index (χ3v) is 0. The molecule has 0 saturated carbocycles. The summed E-state index contributed by atoms with van der Waals surface area (Å²) in [7, 11) is 0. The van der Waals surface area contributed by atoms with Gasteiger partial charge in [-0.2, -0.15) is 0 Å². The summed E-state index contributed by atoms with van der Waals surface area (Å²) in [6, 6.07) is 0. The van der Waals surface area contributed by atoms with Crippen molar-refractivity contribution in [2.45, 2.75) is 0 Å². The van der Waals surface area contributed by atoms with Crippen molar-refractivity contribution in [3.05, 3.63) is 0 Å². The first-order valence-electron chi connectivity index (χ1n) is 0. The van der Waals surface area contributed by atoms with Crippen LogP contribution in [0.2, 0.25) is 0 Å². The minimum absolute atomic E-state index is 0. The van der Waals surface area contributed by atoms with Crippen LogP contribution < -0.4 is 0 Å². The van der Waals surface area contributed by atoms with Gasteiger partial charge in [0.2, 0.25) is 0 Å². The molecule has 0 aliphatic heterocycles. The average Bonchev–Trinajstić information content (AvgIpc) is 0. The minimum Gasteiger partial charge on any atom is -2.00 e. The van der Waals surface area contributed by atoms with E-state index in [4.69, 9.17) is 0 Å². The second-order valence-corrected chi connectivity index (χ2v) is 0. The Labute approximate surface area is 170 Å².